The van der Waals surface area contributed by atoms with Crippen LogP contribution in [-0.4, -0.2) is 54.1 Å². The van der Waals surface area contributed by atoms with Crippen LogP contribution < -0.4 is 0 Å². The molecule has 3 aliphatic rings. The molecule has 0 N–H and O–H groups in total. The molecule has 3 rings (SSSR count). The van der Waals surface area contributed by atoms with Gasteiger partial charge in [-0.2, -0.15) is 0 Å². The maximum absolute atomic E-state index is 13.2. The third-order valence-electron chi connectivity index (χ3n) is 4.89. The molecule has 0 spiro atoms. The third-order valence-corrected chi connectivity index (χ3v) is 4.89. The first kappa shape index (κ1) is 17.3. The smallest absolute Gasteiger partial charge is 0.355 e. The lowest BCUT2D eigenvalue weighted by Gasteiger charge is -2.47. The minimum Gasteiger partial charge on any atom is -0.465 e. The van der Waals surface area contributed by atoms with E-state index in [1.807, 2.05) is 12.2 Å². The van der Waals surface area contributed by atoms with E-state index in [1.165, 1.54) is 14.2 Å². The molecule has 0 radical (unpaired) electrons. The fourth-order valence-corrected chi connectivity index (χ4v) is 3.73. The number of carbonyl (C=O) groups excluding carboxylic acids is 3. The van der Waals surface area contributed by atoms with E-state index in [-0.39, 0.29) is 17.3 Å². The van der Waals surface area contributed by atoms with Gasteiger partial charge < -0.3 is 19.3 Å². The Morgan fingerprint density at radius 1 is 1.04 bits per heavy atom. The van der Waals surface area contributed by atoms with Gasteiger partial charge in [0.15, 0.2) is 5.57 Å². The summed E-state index contributed by atoms with van der Waals surface area (Å²) < 4.78 is 9.60. The van der Waals surface area contributed by atoms with Gasteiger partial charge in [-0.25, -0.2) is 9.59 Å². The van der Waals surface area contributed by atoms with Crippen molar-refractivity contribution in [3.8, 4) is 0 Å². The average Bonchev–Trinajstić information content (AvgIpc) is 2.66. The van der Waals surface area contributed by atoms with E-state index in [0.717, 1.165) is 32.1 Å². The number of esters is 2. The van der Waals surface area contributed by atoms with Gasteiger partial charge in [0, 0.05) is 12.2 Å². The van der Waals surface area contributed by atoms with Crippen molar-refractivity contribution in [1.82, 2.24) is 9.80 Å². The molecule has 1 saturated carbocycles. The number of hydrogen-bond acceptors (Lipinski definition) is 6. The molecule has 7 nitrogen and oxygen atoms in total. The molecule has 25 heavy (non-hydrogen) atoms. The van der Waals surface area contributed by atoms with Crippen molar-refractivity contribution >= 4 is 17.8 Å². The van der Waals surface area contributed by atoms with Crippen LogP contribution in [0.2, 0.25) is 0 Å². The Hall–Kier alpha value is -2.57. The Balaban J connectivity index is 2.12. The lowest BCUT2D eigenvalue weighted by atomic mass is 9.91. The number of amides is 1. The molecular formula is C18H22N2O5. The minimum atomic E-state index is -0.826. The minimum absolute atomic E-state index is 0.0313. The van der Waals surface area contributed by atoms with E-state index in [2.05, 4.69) is 0 Å². The van der Waals surface area contributed by atoms with Crippen LogP contribution in [0.1, 0.15) is 32.1 Å². The quantitative estimate of drug-likeness (QED) is 0.569. The van der Waals surface area contributed by atoms with E-state index in [9.17, 15) is 14.4 Å². The highest BCUT2D eigenvalue weighted by Crippen LogP contribution is 2.35. The lowest BCUT2D eigenvalue weighted by molar-refractivity contribution is -0.150. The van der Waals surface area contributed by atoms with Crippen molar-refractivity contribution in [2.24, 2.45) is 0 Å². The highest BCUT2D eigenvalue weighted by Gasteiger charge is 2.46. The number of rotatable bonds is 3. The van der Waals surface area contributed by atoms with Gasteiger partial charge >= 0.3 is 11.9 Å². The normalized spacial score (nSPS) is 23.6. The zero-order valence-corrected chi connectivity index (χ0v) is 14.4. The van der Waals surface area contributed by atoms with Gasteiger partial charge in [0.25, 0.3) is 5.91 Å². The summed E-state index contributed by atoms with van der Waals surface area (Å²) in [5, 5.41) is 0. The number of fused-ring (bicyclic) bond motifs is 1. The number of carbonyl (C=O) groups is 3. The molecule has 0 bridgehead atoms. The zero-order chi connectivity index (χ0) is 18.0. The van der Waals surface area contributed by atoms with E-state index < -0.39 is 24.0 Å². The highest BCUT2D eigenvalue weighted by molar-refractivity contribution is 6.21. The summed E-state index contributed by atoms with van der Waals surface area (Å²) >= 11 is 0. The molecule has 0 aromatic heterocycles. The molecule has 0 aromatic carbocycles. The first-order chi connectivity index (χ1) is 12.1. The number of allylic oxidation sites excluding steroid dienone is 2. The van der Waals surface area contributed by atoms with Crippen LogP contribution in [-0.2, 0) is 23.9 Å². The maximum atomic E-state index is 13.2. The number of hydrogen-bond donors (Lipinski definition) is 0. The standard InChI is InChI=1S/C18H22N2O5/c1-24-17(22)14-15(18(23)25-2)19-11-7-6-10-13(19)20(16(14)21)12-8-4-3-5-9-12/h6-7,10-13H,3-5,8-9H2,1-2H3. The predicted octanol–water partition coefficient (Wildman–Crippen LogP) is 1.47. The highest BCUT2D eigenvalue weighted by atomic mass is 16.5. The van der Waals surface area contributed by atoms with E-state index >= 15 is 0 Å². The van der Waals surface area contributed by atoms with Gasteiger partial charge in [-0.3, -0.25) is 4.79 Å². The Bertz CT molecular complexity index is 673. The number of methoxy groups -OCH3 is 2. The van der Waals surface area contributed by atoms with Gasteiger partial charge in [-0.05, 0) is 25.0 Å². The zero-order valence-electron chi connectivity index (χ0n) is 14.4. The molecule has 134 valence electrons. The van der Waals surface area contributed by atoms with Crippen LogP contribution in [0.15, 0.2) is 35.7 Å². The Morgan fingerprint density at radius 3 is 2.36 bits per heavy atom. The molecule has 1 amide bonds. The van der Waals surface area contributed by atoms with Crippen LogP contribution in [0.3, 0.4) is 0 Å². The molecule has 0 saturated heterocycles. The van der Waals surface area contributed by atoms with Crippen molar-refractivity contribution in [3.05, 3.63) is 35.7 Å². The number of ether oxygens (including phenoxy) is 2. The van der Waals surface area contributed by atoms with Crippen LogP contribution in [0.25, 0.3) is 0 Å². The van der Waals surface area contributed by atoms with Crippen LogP contribution >= 0.6 is 0 Å². The summed E-state index contributed by atoms with van der Waals surface area (Å²) in [6.07, 6.45) is 11.7. The summed E-state index contributed by atoms with van der Waals surface area (Å²) in [7, 11) is 2.42. The SMILES string of the molecule is COC(=O)C1=C(C(=O)OC)N2C=CC=CC2N(C2CCCCC2)C1=O. The fraction of sp³-hybridized carbons (Fsp3) is 0.500. The molecule has 2 heterocycles. The first-order valence-electron chi connectivity index (χ1n) is 8.47. The largest absolute Gasteiger partial charge is 0.465 e. The monoisotopic (exact) mass is 346 g/mol. The van der Waals surface area contributed by atoms with Crippen molar-refractivity contribution < 1.29 is 23.9 Å². The molecule has 1 atom stereocenters. The van der Waals surface area contributed by atoms with Gasteiger partial charge in [0.1, 0.15) is 11.9 Å². The molecule has 1 unspecified atom stereocenters. The van der Waals surface area contributed by atoms with E-state index in [4.69, 9.17) is 9.47 Å². The predicted molar refractivity (Wildman–Crippen MR) is 88.7 cm³/mol. The van der Waals surface area contributed by atoms with Gasteiger partial charge in [0.05, 0.1) is 14.2 Å². The van der Waals surface area contributed by atoms with Crippen molar-refractivity contribution in [2.75, 3.05) is 14.2 Å². The van der Waals surface area contributed by atoms with Crippen LogP contribution in [0, 0.1) is 0 Å². The summed E-state index contributed by atoms with van der Waals surface area (Å²) in [4.78, 5) is 41.1. The van der Waals surface area contributed by atoms with E-state index in [1.54, 1.807) is 22.1 Å². The molecule has 0 aromatic rings. The Labute approximate surface area is 146 Å². The first-order valence-corrected chi connectivity index (χ1v) is 8.47. The van der Waals surface area contributed by atoms with Gasteiger partial charge in [-0.15, -0.1) is 0 Å². The molecular weight excluding hydrogens is 324 g/mol. The lowest BCUT2D eigenvalue weighted by Crippen LogP contribution is -2.59. The maximum Gasteiger partial charge on any atom is 0.355 e. The summed E-state index contributed by atoms with van der Waals surface area (Å²) in [5.74, 6) is -2.03. The average molecular weight is 346 g/mol. The second kappa shape index (κ2) is 7.13. The van der Waals surface area contributed by atoms with Crippen molar-refractivity contribution in [1.29, 1.82) is 0 Å². The molecule has 1 fully saturated rings. The van der Waals surface area contributed by atoms with Crippen LogP contribution in [0.5, 0.6) is 0 Å². The van der Waals surface area contributed by atoms with Crippen molar-refractivity contribution in [2.45, 2.75) is 44.3 Å². The molecule has 2 aliphatic heterocycles. The summed E-state index contributed by atoms with van der Waals surface area (Å²) in [6.45, 7) is 0. The molecule has 7 heteroatoms. The Kier molecular flexibility index (Phi) is 4.92. The van der Waals surface area contributed by atoms with Crippen LogP contribution in [0.4, 0.5) is 0 Å². The van der Waals surface area contributed by atoms with Gasteiger partial charge in [-0.1, -0.05) is 25.3 Å². The Morgan fingerprint density at radius 2 is 1.72 bits per heavy atom. The second-order valence-electron chi connectivity index (χ2n) is 6.26. The molecule has 1 aliphatic carbocycles. The van der Waals surface area contributed by atoms with Gasteiger partial charge in [0.2, 0.25) is 0 Å². The summed E-state index contributed by atoms with van der Waals surface area (Å²) in [6, 6.07) is 0.0313. The second-order valence-corrected chi connectivity index (χ2v) is 6.26. The fourth-order valence-electron chi connectivity index (χ4n) is 3.73. The van der Waals surface area contributed by atoms with E-state index in [0.29, 0.717) is 0 Å². The summed E-state index contributed by atoms with van der Waals surface area (Å²) in [5.41, 5.74) is -0.340. The number of nitrogens with zero attached hydrogens (tertiary/aromatic N) is 2. The topological polar surface area (TPSA) is 76.2 Å². The van der Waals surface area contributed by atoms with Crippen molar-refractivity contribution in [3.63, 3.8) is 0 Å². The third kappa shape index (κ3) is 2.94.